The molecule has 1 fully saturated rings. The van der Waals surface area contributed by atoms with Crippen molar-refractivity contribution in [2.24, 2.45) is 11.0 Å². The predicted molar refractivity (Wildman–Crippen MR) is 91.2 cm³/mol. The third-order valence-electron chi connectivity index (χ3n) is 4.10. The maximum atomic E-state index is 4.70. The molecule has 0 aromatic heterocycles. The molecule has 1 N–H and O–H groups in total. The SMILES string of the molecule is CSC(SC)=C1CCC[C@@H]2C1=NN[C@@H]2c1ccccc1. The molecular formula is C16H20N2S2. The Balaban J connectivity index is 1.90. The van der Waals surface area contributed by atoms with E-state index in [1.807, 2.05) is 23.5 Å². The molecule has 1 aromatic carbocycles. The van der Waals surface area contributed by atoms with Gasteiger partial charge in [0, 0.05) is 10.2 Å². The lowest BCUT2D eigenvalue weighted by atomic mass is 9.79. The van der Waals surface area contributed by atoms with Gasteiger partial charge in [-0.15, -0.1) is 23.5 Å². The van der Waals surface area contributed by atoms with Crippen molar-refractivity contribution in [3.63, 3.8) is 0 Å². The van der Waals surface area contributed by atoms with E-state index in [-0.39, 0.29) is 0 Å². The minimum Gasteiger partial charge on any atom is -0.302 e. The molecule has 2 aliphatic rings. The standard InChI is InChI=1S/C16H20N2S2/c1-19-16(20-2)13-10-6-9-12-14(17-18-15(12)13)11-7-4-3-5-8-11/h3-5,7-8,12,14,17H,6,9-10H2,1-2H3/t12-,14+/m0/s1. The van der Waals surface area contributed by atoms with Crippen molar-refractivity contribution in [3.8, 4) is 0 Å². The number of thioether (sulfide) groups is 2. The van der Waals surface area contributed by atoms with E-state index in [2.05, 4.69) is 48.3 Å². The Morgan fingerprint density at radius 1 is 1.20 bits per heavy atom. The van der Waals surface area contributed by atoms with E-state index in [4.69, 9.17) is 5.10 Å². The van der Waals surface area contributed by atoms with Crippen molar-refractivity contribution in [2.75, 3.05) is 12.5 Å². The number of hydrazone groups is 1. The van der Waals surface area contributed by atoms with Gasteiger partial charge in [-0.1, -0.05) is 30.3 Å². The minimum atomic E-state index is 0.353. The molecule has 1 saturated carbocycles. The maximum Gasteiger partial charge on any atom is 0.0773 e. The van der Waals surface area contributed by atoms with Crippen LogP contribution >= 0.6 is 23.5 Å². The van der Waals surface area contributed by atoms with Crippen LogP contribution in [-0.4, -0.2) is 18.2 Å². The van der Waals surface area contributed by atoms with Gasteiger partial charge < -0.3 is 5.43 Å². The van der Waals surface area contributed by atoms with Crippen molar-refractivity contribution >= 4 is 29.2 Å². The van der Waals surface area contributed by atoms with Crippen molar-refractivity contribution in [3.05, 3.63) is 45.7 Å². The molecule has 1 aliphatic heterocycles. The van der Waals surface area contributed by atoms with Gasteiger partial charge in [0.2, 0.25) is 0 Å². The van der Waals surface area contributed by atoms with Gasteiger partial charge in [-0.3, -0.25) is 0 Å². The molecule has 106 valence electrons. The normalized spacial score (nSPS) is 24.9. The second kappa shape index (κ2) is 6.27. The van der Waals surface area contributed by atoms with Crippen LogP contribution in [0.5, 0.6) is 0 Å². The lowest BCUT2D eigenvalue weighted by Crippen LogP contribution is -2.25. The Kier molecular flexibility index (Phi) is 4.41. The third-order valence-corrected chi connectivity index (χ3v) is 6.34. The van der Waals surface area contributed by atoms with Crippen LogP contribution in [0.25, 0.3) is 0 Å². The molecule has 2 nitrogen and oxygen atoms in total. The summed E-state index contributed by atoms with van der Waals surface area (Å²) in [5.74, 6) is 0.537. The molecule has 3 rings (SSSR count). The van der Waals surface area contributed by atoms with Crippen molar-refractivity contribution in [2.45, 2.75) is 25.3 Å². The van der Waals surface area contributed by atoms with Gasteiger partial charge in [0.15, 0.2) is 0 Å². The largest absolute Gasteiger partial charge is 0.302 e. The molecule has 1 aliphatic carbocycles. The Hall–Kier alpha value is -0.870. The monoisotopic (exact) mass is 304 g/mol. The first kappa shape index (κ1) is 14.1. The van der Waals surface area contributed by atoms with E-state index in [1.54, 1.807) is 0 Å². The Labute approximate surface area is 129 Å². The van der Waals surface area contributed by atoms with Crippen LogP contribution in [0.4, 0.5) is 0 Å². The third kappa shape index (κ3) is 2.51. The average Bonchev–Trinajstić information content (AvgIpc) is 2.94. The van der Waals surface area contributed by atoms with Crippen LogP contribution in [0.2, 0.25) is 0 Å². The summed E-state index contributed by atoms with van der Waals surface area (Å²) in [6, 6.07) is 11.1. The topological polar surface area (TPSA) is 24.4 Å². The van der Waals surface area contributed by atoms with Crippen LogP contribution < -0.4 is 5.43 Å². The molecular weight excluding hydrogens is 284 g/mol. The number of benzene rings is 1. The van der Waals surface area contributed by atoms with Crippen LogP contribution in [0, 0.1) is 5.92 Å². The fraction of sp³-hybridized carbons (Fsp3) is 0.438. The van der Waals surface area contributed by atoms with Crippen LogP contribution in [0.1, 0.15) is 30.9 Å². The molecule has 0 saturated heterocycles. The maximum absolute atomic E-state index is 4.70. The average molecular weight is 304 g/mol. The highest BCUT2D eigenvalue weighted by molar-refractivity contribution is 8.21. The van der Waals surface area contributed by atoms with Gasteiger partial charge in [-0.2, -0.15) is 5.10 Å². The Morgan fingerprint density at radius 2 is 1.95 bits per heavy atom. The van der Waals surface area contributed by atoms with Crippen LogP contribution in [-0.2, 0) is 0 Å². The summed E-state index contributed by atoms with van der Waals surface area (Å²) in [4.78, 5) is 0. The molecule has 4 heteroatoms. The van der Waals surface area contributed by atoms with Gasteiger partial charge in [0.1, 0.15) is 0 Å². The molecule has 0 unspecified atom stereocenters. The summed E-state index contributed by atoms with van der Waals surface area (Å²) in [5, 5.41) is 4.70. The second-order valence-electron chi connectivity index (χ2n) is 5.19. The van der Waals surface area contributed by atoms with E-state index < -0.39 is 0 Å². The highest BCUT2D eigenvalue weighted by Gasteiger charge is 2.37. The fourth-order valence-electron chi connectivity index (χ4n) is 3.19. The number of nitrogens with one attached hydrogen (secondary N) is 1. The summed E-state index contributed by atoms with van der Waals surface area (Å²) in [6.07, 6.45) is 8.02. The fourth-order valence-corrected chi connectivity index (χ4v) is 4.77. The van der Waals surface area contributed by atoms with Gasteiger partial charge in [0.05, 0.1) is 11.8 Å². The highest BCUT2D eigenvalue weighted by Crippen LogP contribution is 2.42. The molecule has 0 spiro atoms. The molecule has 20 heavy (non-hydrogen) atoms. The number of hydrogen-bond donors (Lipinski definition) is 1. The Morgan fingerprint density at radius 3 is 2.65 bits per heavy atom. The molecule has 0 bridgehead atoms. The van der Waals surface area contributed by atoms with Crippen molar-refractivity contribution in [1.82, 2.24) is 5.43 Å². The summed E-state index contributed by atoms with van der Waals surface area (Å²) < 4.78 is 1.43. The number of fused-ring (bicyclic) bond motifs is 1. The summed E-state index contributed by atoms with van der Waals surface area (Å²) in [5.41, 5.74) is 7.53. The first-order valence-corrected chi connectivity index (χ1v) is 9.49. The van der Waals surface area contributed by atoms with E-state index in [1.165, 1.54) is 40.3 Å². The van der Waals surface area contributed by atoms with E-state index in [9.17, 15) is 0 Å². The summed E-state index contributed by atoms with van der Waals surface area (Å²) >= 11 is 3.71. The first-order chi connectivity index (χ1) is 9.85. The Bertz CT molecular complexity index is 531. The predicted octanol–water partition coefficient (Wildman–Crippen LogP) is 4.42. The number of allylic oxidation sites excluding steroid dienone is 1. The molecule has 0 radical (unpaired) electrons. The zero-order valence-electron chi connectivity index (χ0n) is 11.9. The zero-order chi connectivity index (χ0) is 13.9. The van der Waals surface area contributed by atoms with Gasteiger partial charge in [-0.05, 0) is 42.9 Å². The summed E-state index contributed by atoms with van der Waals surface area (Å²) in [7, 11) is 0. The molecule has 1 aromatic rings. The molecule has 1 heterocycles. The second-order valence-corrected chi connectivity index (χ2v) is 7.08. The number of nitrogens with zero attached hydrogens (tertiary/aromatic N) is 1. The van der Waals surface area contributed by atoms with E-state index >= 15 is 0 Å². The molecule has 0 amide bonds. The van der Waals surface area contributed by atoms with Gasteiger partial charge >= 0.3 is 0 Å². The number of hydrogen-bond acceptors (Lipinski definition) is 4. The smallest absolute Gasteiger partial charge is 0.0773 e. The van der Waals surface area contributed by atoms with Gasteiger partial charge in [-0.25, -0.2) is 0 Å². The molecule has 2 atom stereocenters. The lowest BCUT2D eigenvalue weighted by Gasteiger charge is -2.27. The van der Waals surface area contributed by atoms with Gasteiger partial charge in [0.25, 0.3) is 0 Å². The lowest BCUT2D eigenvalue weighted by molar-refractivity contribution is 0.451. The van der Waals surface area contributed by atoms with E-state index in [0.717, 1.165) is 0 Å². The van der Waals surface area contributed by atoms with E-state index in [0.29, 0.717) is 12.0 Å². The quantitative estimate of drug-likeness (QED) is 0.894. The van der Waals surface area contributed by atoms with Crippen molar-refractivity contribution in [1.29, 1.82) is 0 Å². The zero-order valence-corrected chi connectivity index (χ0v) is 13.6. The van der Waals surface area contributed by atoms with Crippen molar-refractivity contribution < 1.29 is 0 Å². The van der Waals surface area contributed by atoms with Crippen LogP contribution in [0.15, 0.2) is 45.2 Å². The number of rotatable bonds is 3. The minimum absolute atomic E-state index is 0.353. The van der Waals surface area contributed by atoms with Crippen LogP contribution in [0.3, 0.4) is 0 Å². The highest BCUT2D eigenvalue weighted by atomic mass is 32.2. The summed E-state index contributed by atoms with van der Waals surface area (Å²) in [6.45, 7) is 0. The first-order valence-electron chi connectivity index (χ1n) is 7.04.